The number of aryl methyl sites for hydroxylation is 2. The number of aromatic nitrogens is 3. The molecule has 1 atom stereocenters. The van der Waals surface area contributed by atoms with Gasteiger partial charge in [0.2, 0.25) is 0 Å². The average Bonchev–Trinajstić information content (AvgIpc) is 2.96. The van der Waals surface area contributed by atoms with Gasteiger partial charge in [-0.15, -0.1) is 0 Å². The van der Waals surface area contributed by atoms with Gasteiger partial charge in [-0.2, -0.15) is 0 Å². The van der Waals surface area contributed by atoms with Crippen LogP contribution in [0.25, 0.3) is 10.9 Å². The lowest BCUT2D eigenvalue weighted by molar-refractivity contribution is 0.407. The van der Waals surface area contributed by atoms with Crippen molar-refractivity contribution in [3.05, 3.63) is 47.7 Å². The number of phenolic OH excluding ortho intramolecular Hbond substituents is 1. The number of hydrogen-bond donors (Lipinski definition) is 1. The van der Waals surface area contributed by atoms with E-state index in [2.05, 4.69) is 40.4 Å². The molecule has 2 aromatic heterocycles. The standard InChI is InChI=1S/C19H23N3O/c1-13-20-9-10-22(13)12-14-5-3-6-16-15(11-14)19-17(21(16)2)7-4-8-18(19)23/h4,7-10,14,23H,3,5-6,11-12H2,1-2H3. The molecule has 0 fully saturated rings. The molecule has 0 saturated carbocycles. The normalized spacial score (nSPS) is 18.1. The zero-order valence-electron chi connectivity index (χ0n) is 13.8. The highest BCUT2D eigenvalue weighted by Crippen LogP contribution is 2.37. The van der Waals surface area contributed by atoms with E-state index < -0.39 is 0 Å². The zero-order chi connectivity index (χ0) is 16.0. The highest BCUT2D eigenvalue weighted by atomic mass is 16.3. The molecule has 0 bridgehead atoms. The maximum atomic E-state index is 10.4. The molecule has 4 rings (SSSR count). The number of phenols is 1. The summed E-state index contributed by atoms with van der Waals surface area (Å²) in [5, 5.41) is 11.4. The molecule has 0 aliphatic heterocycles. The Bertz CT molecular complexity index is 859. The summed E-state index contributed by atoms with van der Waals surface area (Å²) < 4.78 is 4.52. The Kier molecular flexibility index (Phi) is 3.40. The highest BCUT2D eigenvalue weighted by Gasteiger charge is 2.24. The summed E-state index contributed by atoms with van der Waals surface area (Å²) >= 11 is 0. The third kappa shape index (κ3) is 2.33. The number of aromatic hydroxyl groups is 1. The molecule has 1 aliphatic rings. The van der Waals surface area contributed by atoms with Crippen molar-refractivity contribution in [3.8, 4) is 5.75 Å². The van der Waals surface area contributed by atoms with E-state index in [4.69, 9.17) is 0 Å². The van der Waals surface area contributed by atoms with Gasteiger partial charge in [0.15, 0.2) is 0 Å². The molecule has 4 nitrogen and oxygen atoms in total. The van der Waals surface area contributed by atoms with Crippen LogP contribution in [0.3, 0.4) is 0 Å². The maximum absolute atomic E-state index is 10.4. The third-order valence-corrected chi connectivity index (χ3v) is 5.33. The van der Waals surface area contributed by atoms with Crippen LogP contribution in [-0.4, -0.2) is 19.2 Å². The number of rotatable bonds is 2. The lowest BCUT2D eigenvalue weighted by Gasteiger charge is -2.16. The van der Waals surface area contributed by atoms with Crippen LogP contribution in [0.15, 0.2) is 30.6 Å². The second-order valence-electron chi connectivity index (χ2n) is 6.74. The van der Waals surface area contributed by atoms with E-state index in [-0.39, 0.29) is 0 Å². The molecule has 0 radical (unpaired) electrons. The largest absolute Gasteiger partial charge is 0.507 e. The van der Waals surface area contributed by atoms with Crippen molar-refractivity contribution in [2.45, 2.75) is 39.2 Å². The fourth-order valence-electron chi connectivity index (χ4n) is 4.13. The van der Waals surface area contributed by atoms with Crippen molar-refractivity contribution >= 4 is 10.9 Å². The molecule has 1 unspecified atom stereocenters. The van der Waals surface area contributed by atoms with Crippen molar-refractivity contribution in [2.24, 2.45) is 13.0 Å². The first-order valence-corrected chi connectivity index (χ1v) is 8.41. The molecule has 2 heterocycles. The van der Waals surface area contributed by atoms with Crippen LogP contribution in [-0.2, 0) is 26.4 Å². The molecular weight excluding hydrogens is 286 g/mol. The van der Waals surface area contributed by atoms with Gasteiger partial charge in [0.25, 0.3) is 0 Å². The van der Waals surface area contributed by atoms with Crippen LogP contribution >= 0.6 is 0 Å². The second kappa shape index (κ2) is 5.44. The summed E-state index contributed by atoms with van der Waals surface area (Å²) in [6.07, 6.45) is 8.50. The van der Waals surface area contributed by atoms with Crippen LogP contribution in [0, 0.1) is 12.8 Å². The molecular formula is C19H23N3O. The summed E-state index contributed by atoms with van der Waals surface area (Å²) in [5.41, 5.74) is 3.89. The van der Waals surface area contributed by atoms with Crippen molar-refractivity contribution < 1.29 is 5.11 Å². The molecule has 0 saturated heterocycles. The fourth-order valence-corrected chi connectivity index (χ4v) is 4.13. The first-order chi connectivity index (χ1) is 11.1. The molecule has 1 aliphatic carbocycles. The van der Waals surface area contributed by atoms with Gasteiger partial charge in [0.1, 0.15) is 11.6 Å². The first kappa shape index (κ1) is 14.4. The summed E-state index contributed by atoms with van der Waals surface area (Å²) in [4.78, 5) is 4.34. The smallest absolute Gasteiger partial charge is 0.125 e. The molecule has 0 amide bonds. The zero-order valence-corrected chi connectivity index (χ0v) is 13.8. The molecule has 4 heteroatoms. The van der Waals surface area contributed by atoms with E-state index in [9.17, 15) is 5.11 Å². The van der Waals surface area contributed by atoms with Crippen molar-refractivity contribution in [2.75, 3.05) is 0 Å². The van der Waals surface area contributed by atoms with Gasteiger partial charge in [-0.1, -0.05) is 6.07 Å². The first-order valence-electron chi connectivity index (χ1n) is 8.41. The molecule has 1 aromatic carbocycles. The predicted molar refractivity (Wildman–Crippen MR) is 91.7 cm³/mol. The Balaban J connectivity index is 1.75. The molecule has 0 spiro atoms. The van der Waals surface area contributed by atoms with Crippen molar-refractivity contribution in [1.29, 1.82) is 0 Å². The summed E-state index contributed by atoms with van der Waals surface area (Å²) in [6, 6.07) is 5.85. The van der Waals surface area contributed by atoms with E-state index >= 15 is 0 Å². The van der Waals surface area contributed by atoms with E-state index in [1.807, 2.05) is 18.3 Å². The second-order valence-corrected chi connectivity index (χ2v) is 6.74. The molecule has 120 valence electrons. The van der Waals surface area contributed by atoms with Gasteiger partial charge in [0, 0.05) is 37.1 Å². The van der Waals surface area contributed by atoms with Gasteiger partial charge in [-0.05, 0) is 56.2 Å². The lowest BCUT2D eigenvalue weighted by atomic mass is 9.96. The van der Waals surface area contributed by atoms with Crippen molar-refractivity contribution in [3.63, 3.8) is 0 Å². The van der Waals surface area contributed by atoms with E-state index in [1.165, 1.54) is 24.1 Å². The highest BCUT2D eigenvalue weighted by molar-refractivity contribution is 5.91. The maximum Gasteiger partial charge on any atom is 0.125 e. The topological polar surface area (TPSA) is 43.0 Å². The minimum atomic E-state index is 0.416. The molecule has 23 heavy (non-hydrogen) atoms. The van der Waals surface area contributed by atoms with E-state index in [0.717, 1.165) is 36.1 Å². The SMILES string of the molecule is Cc1nccn1CC1CCCc2c(c3c(O)cccc3n2C)C1. The Morgan fingerprint density at radius 2 is 2.22 bits per heavy atom. The lowest BCUT2D eigenvalue weighted by Crippen LogP contribution is -2.13. The van der Waals surface area contributed by atoms with Crippen molar-refractivity contribution in [1.82, 2.24) is 14.1 Å². The molecule has 1 N–H and O–H groups in total. The summed E-state index contributed by atoms with van der Waals surface area (Å²) in [7, 11) is 2.13. The third-order valence-electron chi connectivity index (χ3n) is 5.33. The van der Waals surface area contributed by atoms with Crippen LogP contribution in [0.5, 0.6) is 5.75 Å². The number of hydrogen-bond acceptors (Lipinski definition) is 2. The van der Waals surface area contributed by atoms with Gasteiger partial charge in [0.05, 0.1) is 5.52 Å². The van der Waals surface area contributed by atoms with E-state index in [0.29, 0.717) is 11.7 Å². The molecule has 3 aromatic rings. The monoisotopic (exact) mass is 309 g/mol. The number of nitrogens with zero attached hydrogens (tertiary/aromatic N) is 3. The van der Waals surface area contributed by atoms with Gasteiger partial charge < -0.3 is 14.2 Å². The van der Waals surface area contributed by atoms with Crippen LogP contribution in [0.1, 0.15) is 29.9 Å². The Hall–Kier alpha value is -2.23. The number of imidazole rings is 1. The Morgan fingerprint density at radius 1 is 1.35 bits per heavy atom. The Labute approximate surface area is 136 Å². The Morgan fingerprint density at radius 3 is 3.00 bits per heavy atom. The number of fused-ring (bicyclic) bond motifs is 3. The predicted octanol–water partition coefficient (Wildman–Crippen LogP) is 3.58. The van der Waals surface area contributed by atoms with Gasteiger partial charge >= 0.3 is 0 Å². The van der Waals surface area contributed by atoms with E-state index in [1.54, 1.807) is 0 Å². The van der Waals surface area contributed by atoms with Crippen LogP contribution < -0.4 is 0 Å². The minimum absolute atomic E-state index is 0.416. The summed E-state index contributed by atoms with van der Waals surface area (Å²) in [5.74, 6) is 2.09. The minimum Gasteiger partial charge on any atom is -0.507 e. The van der Waals surface area contributed by atoms with Crippen LogP contribution in [0.2, 0.25) is 0 Å². The van der Waals surface area contributed by atoms with Crippen LogP contribution in [0.4, 0.5) is 0 Å². The fraction of sp³-hybridized carbons (Fsp3) is 0.421. The van der Waals surface area contributed by atoms with Gasteiger partial charge in [-0.25, -0.2) is 4.98 Å². The number of benzene rings is 1. The quantitative estimate of drug-likeness (QED) is 0.735. The average molecular weight is 309 g/mol. The summed E-state index contributed by atoms with van der Waals surface area (Å²) in [6.45, 7) is 3.07. The van der Waals surface area contributed by atoms with Gasteiger partial charge in [-0.3, -0.25) is 0 Å².